The molecular formula is C31H40N6O6. The molecule has 2 fully saturated rings. The SMILES string of the molecule is C=CCOC(=O)NCCC[C@H]1C(=O)N([C@@H](C)c2ccccc2)C[C@H]2N1C(=O)CN(C)N2C(=O)NCc1ccc(OC)cc1. The van der Waals surface area contributed by atoms with Crippen molar-refractivity contribution in [1.29, 1.82) is 0 Å². The van der Waals surface area contributed by atoms with Gasteiger partial charge in [-0.05, 0) is 43.0 Å². The van der Waals surface area contributed by atoms with Crippen LogP contribution in [0, 0.1) is 0 Å². The number of fused-ring (bicyclic) bond motifs is 1. The molecule has 2 aromatic rings. The summed E-state index contributed by atoms with van der Waals surface area (Å²) in [6.07, 6.45) is 0.888. The van der Waals surface area contributed by atoms with Crippen molar-refractivity contribution in [3.8, 4) is 5.75 Å². The average molecular weight is 593 g/mol. The topological polar surface area (TPSA) is 124 Å². The van der Waals surface area contributed by atoms with Gasteiger partial charge in [0.1, 0.15) is 24.6 Å². The molecule has 4 rings (SSSR count). The van der Waals surface area contributed by atoms with Gasteiger partial charge in [0, 0.05) is 20.1 Å². The molecule has 3 atom stereocenters. The van der Waals surface area contributed by atoms with Crippen molar-refractivity contribution in [3.63, 3.8) is 0 Å². The van der Waals surface area contributed by atoms with E-state index in [1.54, 1.807) is 29.0 Å². The predicted molar refractivity (Wildman–Crippen MR) is 159 cm³/mol. The van der Waals surface area contributed by atoms with E-state index < -0.39 is 18.3 Å². The molecule has 0 saturated carbocycles. The van der Waals surface area contributed by atoms with E-state index in [9.17, 15) is 19.2 Å². The number of carbonyl (C=O) groups is 4. The van der Waals surface area contributed by atoms with Crippen LogP contribution in [0.25, 0.3) is 0 Å². The largest absolute Gasteiger partial charge is 0.497 e. The molecule has 0 aromatic heterocycles. The van der Waals surface area contributed by atoms with E-state index in [1.165, 1.54) is 11.1 Å². The Morgan fingerprint density at radius 2 is 1.81 bits per heavy atom. The second-order valence-electron chi connectivity index (χ2n) is 10.5. The van der Waals surface area contributed by atoms with E-state index >= 15 is 0 Å². The molecule has 12 nitrogen and oxygen atoms in total. The number of piperazine rings is 1. The summed E-state index contributed by atoms with van der Waals surface area (Å²) in [6.45, 7) is 6.17. The molecule has 2 N–H and O–H groups in total. The molecule has 5 amide bonds. The number of nitrogens with one attached hydrogen (secondary N) is 2. The first-order valence-electron chi connectivity index (χ1n) is 14.3. The molecule has 2 aliphatic rings. The van der Waals surface area contributed by atoms with Crippen LogP contribution in [0.15, 0.2) is 67.3 Å². The molecule has 2 saturated heterocycles. The molecule has 0 spiro atoms. The van der Waals surface area contributed by atoms with Gasteiger partial charge >= 0.3 is 12.1 Å². The van der Waals surface area contributed by atoms with E-state index in [0.29, 0.717) is 12.8 Å². The van der Waals surface area contributed by atoms with Crippen LogP contribution in [0.4, 0.5) is 9.59 Å². The van der Waals surface area contributed by atoms with Crippen LogP contribution in [0.1, 0.15) is 36.9 Å². The maximum absolute atomic E-state index is 14.0. The molecule has 12 heteroatoms. The van der Waals surface area contributed by atoms with Crippen LogP contribution in [-0.4, -0.2) is 96.4 Å². The van der Waals surface area contributed by atoms with Crippen LogP contribution in [-0.2, 0) is 20.9 Å². The molecule has 2 aliphatic heterocycles. The maximum Gasteiger partial charge on any atom is 0.407 e. The highest BCUT2D eigenvalue weighted by Crippen LogP contribution is 2.32. The number of hydrazine groups is 1. The van der Waals surface area contributed by atoms with Crippen LogP contribution in [0.2, 0.25) is 0 Å². The summed E-state index contributed by atoms with van der Waals surface area (Å²) in [6, 6.07) is 15.5. The summed E-state index contributed by atoms with van der Waals surface area (Å²) in [5.74, 6) is 0.281. The van der Waals surface area contributed by atoms with Gasteiger partial charge in [-0.1, -0.05) is 55.1 Å². The van der Waals surface area contributed by atoms with E-state index in [-0.39, 0.29) is 56.7 Å². The summed E-state index contributed by atoms with van der Waals surface area (Å²) >= 11 is 0. The maximum atomic E-state index is 14.0. The quantitative estimate of drug-likeness (QED) is 0.304. The predicted octanol–water partition coefficient (Wildman–Crippen LogP) is 2.89. The first-order chi connectivity index (χ1) is 20.7. The summed E-state index contributed by atoms with van der Waals surface area (Å²) in [5, 5.41) is 8.75. The molecule has 2 heterocycles. The van der Waals surface area contributed by atoms with Gasteiger partial charge in [-0.2, -0.15) is 0 Å². The zero-order valence-electron chi connectivity index (χ0n) is 24.9. The second kappa shape index (κ2) is 14.5. The Kier molecular flexibility index (Phi) is 10.6. The highest BCUT2D eigenvalue weighted by atomic mass is 16.5. The minimum absolute atomic E-state index is 0.0589. The number of likely N-dealkylation sites (N-methyl/N-ethyl adjacent to an activating group) is 1. The average Bonchev–Trinajstić information content (AvgIpc) is 3.02. The van der Waals surface area contributed by atoms with Crippen molar-refractivity contribution in [2.24, 2.45) is 0 Å². The van der Waals surface area contributed by atoms with Crippen LogP contribution in [0.5, 0.6) is 5.75 Å². The highest BCUT2D eigenvalue weighted by Gasteiger charge is 2.51. The molecule has 2 aromatic carbocycles. The van der Waals surface area contributed by atoms with E-state index in [0.717, 1.165) is 16.9 Å². The minimum atomic E-state index is -0.811. The first-order valence-corrected chi connectivity index (χ1v) is 14.3. The molecule has 0 bridgehead atoms. The van der Waals surface area contributed by atoms with Crippen molar-refractivity contribution in [2.45, 2.75) is 44.6 Å². The van der Waals surface area contributed by atoms with Crippen molar-refractivity contribution in [2.75, 3.05) is 40.4 Å². The Morgan fingerprint density at radius 3 is 2.49 bits per heavy atom. The monoisotopic (exact) mass is 592 g/mol. The fourth-order valence-corrected chi connectivity index (χ4v) is 5.48. The summed E-state index contributed by atoms with van der Waals surface area (Å²) < 4.78 is 10.2. The Morgan fingerprint density at radius 1 is 1.09 bits per heavy atom. The lowest BCUT2D eigenvalue weighted by Crippen LogP contribution is -2.76. The Hall–Kier alpha value is -4.58. The fraction of sp³-hybridized carbons (Fsp3) is 0.419. The number of urea groups is 1. The first kappa shape index (κ1) is 31.4. The zero-order chi connectivity index (χ0) is 30.9. The Bertz CT molecular complexity index is 1290. The number of amides is 5. The lowest BCUT2D eigenvalue weighted by atomic mass is 9.98. The lowest BCUT2D eigenvalue weighted by molar-refractivity contribution is -0.189. The fourth-order valence-electron chi connectivity index (χ4n) is 5.48. The van der Waals surface area contributed by atoms with Crippen LogP contribution < -0.4 is 15.4 Å². The molecule has 0 unspecified atom stereocenters. The smallest absolute Gasteiger partial charge is 0.407 e. The Labute approximate surface area is 252 Å². The third-order valence-corrected chi connectivity index (χ3v) is 7.70. The molecule has 43 heavy (non-hydrogen) atoms. The molecular weight excluding hydrogens is 552 g/mol. The summed E-state index contributed by atoms with van der Waals surface area (Å²) in [7, 11) is 3.28. The van der Waals surface area contributed by atoms with Crippen LogP contribution in [0.3, 0.4) is 0 Å². The zero-order valence-corrected chi connectivity index (χ0v) is 24.9. The van der Waals surface area contributed by atoms with Gasteiger partial charge in [-0.3, -0.25) is 9.59 Å². The van der Waals surface area contributed by atoms with Crippen molar-refractivity contribution in [1.82, 2.24) is 30.5 Å². The van der Waals surface area contributed by atoms with Gasteiger partial charge in [0.15, 0.2) is 0 Å². The highest BCUT2D eigenvalue weighted by molar-refractivity contribution is 5.91. The van der Waals surface area contributed by atoms with Gasteiger partial charge in [-0.25, -0.2) is 19.6 Å². The number of benzene rings is 2. The summed E-state index contributed by atoms with van der Waals surface area (Å²) in [4.78, 5) is 56.3. The minimum Gasteiger partial charge on any atom is -0.497 e. The normalized spacial score (nSPS) is 19.4. The third-order valence-electron chi connectivity index (χ3n) is 7.70. The number of ether oxygens (including phenoxy) is 2. The van der Waals surface area contributed by atoms with Crippen molar-refractivity contribution in [3.05, 3.63) is 78.4 Å². The number of nitrogens with zero attached hydrogens (tertiary/aromatic N) is 4. The van der Waals surface area contributed by atoms with Crippen LogP contribution >= 0.6 is 0 Å². The van der Waals surface area contributed by atoms with Crippen molar-refractivity contribution < 1.29 is 28.7 Å². The summed E-state index contributed by atoms with van der Waals surface area (Å²) in [5.41, 5.74) is 1.83. The van der Waals surface area contributed by atoms with Gasteiger partial charge in [0.2, 0.25) is 11.8 Å². The molecule has 230 valence electrons. The number of hydrogen-bond acceptors (Lipinski definition) is 7. The van der Waals surface area contributed by atoms with Gasteiger partial charge in [0.05, 0.1) is 26.2 Å². The number of rotatable bonds is 11. The Balaban J connectivity index is 1.55. The van der Waals surface area contributed by atoms with E-state index in [2.05, 4.69) is 17.2 Å². The third kappa shape index (κ3) is 7.44. The lowest BCUT2D eigenvalue weighted by Gasteiger charge is -2.55. The number of carbonyl (C=O) groups excluding carboxylic acids is 4. The molecule has 0 radical (unpaired) electrons. The van der Waals surface area contributed by atoms with Gasteiger partial charge < -0.3 is 29.9 Å². The number of methoxy groups -OCH3 is 1. The number of alkyl carbamates (subject to hydrolysis) is 1. The van der Waals surface area contributed by atoms with E-state index in [1.807, 2.05) is 61.5 Å². The van der Waals surface area contributed by atoms with Gasteiger partial charge in [0.25, 0.3) is 0 Å². The molecule has 0 aliphatic carbocycles. The van der Waals surface area contributed by atoms with Gasteiger partial charge in [-0.15, -0.1) is 0 Å². The van der Waals surface area contributed by atoms with Crippen molar-refractivity contribution >= 4 is 23.9 Å². The van der Waals surface area contributed by atoms with E-state index in [4.69, 9.17) is 9.47 Å². The second-order valence-corrected chi connectivity index (χ2v) is 10.5. The standard InChI is InChI=1S/C31H40N6O6/c1-5-18-43-31(41)32-17-9-12-26-29(39)35(22(2)24-10-7-6-8-11-24)20-27-36(26)28(38)21-34(3)37(27)30(40)33-19-23-13-15-25(42-4)16-14-23/h5-8,10-11,13-16,22,26-27H,1,9,12,17-21H2,2-4H3,(H,32,41)(H,33,40)/t22-,26-,27-/m0/s1. The number of hydrogen-bond donors (Lipinski definition) is 2.